The molecule has 2 rings (SSSR count). The molecular weight excluding hydrogens is 280 g/mol. The summed E-state index contributed by atoms with van der Waals surface area (Å²) in [5, 5.41) is 9.83. The first-order valence-corrected chi connectivity index (χ1v) is 5.74. The predicted molar refractivity (Wildman–Crippen MR) is 63.0 cm³/mol. The highest BCUT2D eigenvalue weighted by atomic mass is 79.9. The maximum atomic E-state index is 11.0. The molecule has 0 atom stereocenters. The van der Waals surface area contributed by atoms with Crippen molar-refractivity contribution in [2.24, 2.45) is 0 Å². The highest BCUT2D eigenvalue weighted by Gasteiger charge is 2.19. The maximum Gasteiger partial charge on any atom is 0.349 e. The minimum Gasteiger partial charge on any atom is -0.494 e. The Kier molecular flexibility index (Phi) is 2.67. The van der Waals surface area contributed by atoms with E-state index in [1.54, 1.807) is 0 Å². The van der Waals surface area contributed by atoms with Crippen molar-refractivity contribution in [2.45, 2.75) is 0 Å². The van der Waals surface area contributed by atoms with Gasteiger partial charge in [-0.25, -0.2) is 4.79 Å². The third-order valence-corrected chi connectivity index (χ3v) is 4.15. The second-order valence-corrected chi connectivity index (χ2v) is 4.76. The van der Waals surface area contributed by atoms with Crippen molar-refractivity contribution in [3.05, 3.63) is 27.5 Å². The summed E-state index contributed by atoms with van der Waals surface area (Å²) in [6.07, 6.45) is 0. The van der Waals surface area contributed by atoms with Crippen molar-refractivity contribution >= 4 is 43.3 Å². The van der Waals surface area contributed by atoms with Crippen LogP contribution in [0.25, 0.3) is 10.1 Å². The summed E-state index contributed by atoms with van der Waals surface area (Å²) >= 11 is 4.60. The lowest BCUT2D eigenvalue weighted by Crippen LogP contribution is -1.95. The van der Waals surface area contributed by atoms with E-state index in [0.29, 0.717) is 5.75 Å². The molecule has 0 bridgehead atoms. The summed E-state index contributed by atoms with van der Waals surface area (Å²) in [7, 11) is 1.48. The monoisotopic (exact) mass is 286 g/mol. The molecule has 0 saturated heterocycles. The maximum absolute atomic E-state index is 11.0. The molecule has 1 N–H and O–H groups in total. The van der Waals surface area contributed by atoms with Gasteiger partial charge in [0.05, 0.1) is 11.8 Å². The minimum atomic E-state index is -0.958. The van der Waals surface area contributed by atoms with Crippen LogP contribution in [0.1, 0.15) is 9.67 Å². The van der Waals surface area contributed by atoms with Crippen LogP contribution in [0.2, 0.25) is 0 Å². The normalized spacial score (nSPS) is 10.5. The molecule has 0 saturated carbocycles. The molecule has 0 spiro atoms. The summed E-state index contributed by atoms with van der Waals surface area (Å²) in [4.78, 5) is 11.2. The van der Waals surface area contributed by atoms with Crippen molar-refractivity contribution in [1.29, 1.82) is 0 Å². The van der Waals surface area contributed by atoms with Gasteiger partial charge in [-0.1, -0.05) is 6.07 Å². The average molecular weight is 287 g/mol. The van der Waals surface area contributed by atoms with Crippen molar-refractivity contribution in [3.63, 3.8) is 0 Å². The van der Waals surface area contributed by atoms with E-state index in [1.165, 1.54) is 18.4 Å². The Morgan fingerprint density at radius 2 is 2.27 bits per heavy atom. The van der Waals surface area contributed by atoms with Crippen molar-refractivity contribution in [2.75, 3.05) is 7.11 Å². The van der Waals surface area contributed by atoms with E-state index >= 15 is 0 Å². The molecule has 0 amide bonds. The molecule has 0 aliphatic heterocycles. The number of fused-ring (bicyclic) bond motifs is 1. The van der Waals surface area contributed by atoms with E-state index in [-0.39, 0.29) is 4.88 Å². The highest BCUT2D eigenvalue weighted by Crippen LogP contribution is 2.40. The topological polar surface area (TPSA) is 46.5 Å². The van der Waals surface area contributed by atoms with Crippen LogP contribution >= 0.6 is 27.3 Å². The van der Waals surface area contributed by atoms with Crippen LogP contribution in [-0.4, -0.2) is 18.2 Å². The summed E-state index contributed by atoms with van der Waals surface area (Å²) < 4.78 is 6.90. The van der Waals surface area contributed by atoms with Gasteiger partial charge in [-0.15, -0.1) is 11.3 Å². The van der Waals surface area contributed by atoms with Gasteiger partial charge >= 0.3 is 5.97 Å². The fourth-order valence-corrected chi connectivity index (χ4v) is 3.03. The molecule has 1 aromatic carbocycles. The fraction of sp³-hybridized carbons (Fsp3) is 0.100. The smallest absolute Gasteiger partial charge is 0.349 e. The van der Waals surface area contributed by atoms with Crippen molar-refractivity contribution < 1.29 is 14.6 Å². The third-order valence-electron chi connectivity index (χ3n) is 2.02. The second kappa shape index (κ2) is 3.83. The van der Waals surface area contributed by atoms with Crippen LogP contribution in [0.5, 0.6) is 5.75 Å². The Labute approximate surface area is 98.4 Å². The highest BCUT2D eigenvalue weighted by molar-refractivity contribution is 9.10. The number of carboxylic acid groups (broad SMARTS) is 1. The zero-order valence-electron chi connectivity index (χ0n) is 7.78. The van der Waals surface area contributed by atoms with Gasteiger partial charge in [-0.2, -0.15) is 0 Å². The van der Waals surface area contributed by atoms with Crippen LogP contribution in [0.3, 0.4) is 0 Å². The number of carboxylic acids is 1. The quantitative estimate of drug-likeness (QED) is 0.921. The van der Waals surface area contributed by atoms with Gasteiger partial charge in [-0.05, 0) is 28.1 Å². The van der Waals surface area contributed by atoms with Gasteiger partial charge in [0.2, 0.25) is 0 Å². The van der Waals surface area contributed by atoms with E-state index < -0.39 is 5.97 Å². The van der Waals surface area contributed by atoms with Gasteiger partial charge in [0, 0.05) is 9.86 Å². The first-order chi connectivity index (χ1) is 7.15. The van der Waals surface area contributed by atoms with Gasteiger partial charge in [0.25, 0.3) is 0 Å². The van der Waals surface area contributed by atoms with Crippen LogP contribution in [-0.2, 0) is 0 Å². The molecule has 1 aromatic heterocycles. The number of benzene rings is 1. The molecule has 1 heterocycles. The lowest BCUT2D eigenvalue weighted by Gasteiger charge is -1.98. The molecule has 0 unspecified atom stereocenters. The molecule has 2 aromatic rings. The number of aromatic carboxylic acids is 1. The Bertz CT molecular complexity index is 533. The second-order valence-electron chi connectivity index (χ2n) is 2.89. The lowest BCUT2D eigenvalue weighted by atomic mass is 10.2. The summed E-state index contributed by atoms with van der Waals surface area (Å²) in [6, 6.07) is 5.58. The number of carbonyl (C=O) groups is 1. The number of rotatable bonds is 2. The predicted octanol–water partition coefficient (Wildman–Crippen LogP) is 3.37. The first kappa shape index (κ1) is 10.4. The van der Waals surface area contributed by atoms with Gasteiger partial charge < -0.3 is 9.84 Å². The molecule has 0 fully saturated rings. The molecule has 5 heteroatoms. The Balaban J connectivity index is 2.84. The number of halogens is 1. The van der Waals surface area contributed by atoms with Crippen LogP contribution in [0.4, 0.5) is 0 Å². The number of hydrogen-bond donors (Lipinski definition) is 1. The molecule has 78 valence electrons. The van der Waals surface area contributed by atoms with Gasteiger partial charge in [-0.3, -0.25) is 0 Å². The number of ether oxygens (including phenoxy) is 1. The van der Waals surface area contributed by atoms with Crippen molar-refractivity contribution in [1.82, 2.24) is 0 Å². The Morgan fingerprint density at radius 1 is 1.53 bits per heavy atom. The first-order valence-electron chi connectivity index (χ1n) is 4.13. The summed E-state index contributed by atoms with van der Waals surface area (Å²) in [5.41, 5.74) is 0. The van der Waals surface area contributed by atoms with Crippen LogP contribution in [0, 0.1) is 0 Å². The molecule has 3 nitrogen and oxygen atoms in total. The standard InChI is InChI=1S/C10H7BrO3S/c1-14-7-5-3-2-4-6(11)8(5)15-9(7)10(12)13/h2-4H,1H3,(H,12,13). The number of hydrogen-bond acceptors (Lipinski definition) is 3. The average Bonchev–Trinajstić information content (AvgIpc) is 2.57. The Morgan fingerprint density at radius 3 is 2.87 bits per heavy atom. The number of methoxy groups -OCH3 is 1. The van der Waals surface area contributed by atoms with E-state index in [4.69, 9.17) is 9.84 Å². The van der Waals surface area contributed by atoms with E-state index in [1.807, 2.05) is 18.2 Å². The van der Waals surface area contributed by atoms with E-state index in [0.717, 1.165) is 14.6 Å². The fourth-order valence-electron chi connectivity index (χ4n) is 1.41. The molecule has 0 aliphatic rings. The van der Waals surface area contributed by atoms with Crippen LogP contribution < -0.4 is 4.74 Å². The lowest BCUT2D eigenvalue weighted by molar-refractivity contribution is 0.0699. The van der Waals surface area contributed by atoms with Gasteiger partial charge in [0.1, 0.15) is 0 Å². The minimum absolute atomic E-state index is 0.236. The van der Waals surface area contributed by atoms with E-state index in [2.05, 4.69) is 15.9 Å². The van der Waals surface area contributed by atoms with Crippen LogP contribution in [0.15, 0.2) is 22.7 Å². The third kappa shape index (κ3) is 1.61. The van der Waals surface area contributed by atoms with Crippen molar-refractivity contribution in [3.8, 4) is 5.75 Å². The largest absolute Gasteiger partial charge is 0.494 e. The summed E-state index contributed by atoms with van der Waals surface area (Å²) in [6.45, 7) is 0. The molecule has 15 heavy (non-hydrogen) atoms. The summed E-state index contributed by atoms with van der Waals surface area (Å²) in [5.74, 6) is -0.524. The zero-order chi connectivity index (χ0) is 11.0. The number of thiophene rings is 1. The molecule has 0 radical (unpaired) electrons. The zero-order valence-corrected chi connectivity index (χ0v) is 10.2. The molecule has 0 aliphatic carbocycles. The Hall–Kier alpha value is -1.07. The van der Waals surface area contributed by atoms with E-state index in [9.17, 15) is 4.79 Å². The van der Waals surface area contributed by atoms with Gasteiger partial charge in [0.15, 0.2) is 10.6 Å². The molecular formula is C10H7BrO3S. The SMILES string of the molecule is COc1c(C(=O)O)sc2c(Br)cccc12.